The van der Waals surface area contributed by atoms with Gasteiger partial charge in [0.15, 0.2) is 0 Å². The van der Waals surface area contributed by atoms with Crippen LogP contribution in [0.5, 0.6) is 0 Å². The predicted octanol–water partition coefficient (Wildman–Crippen LogP) is 0.672. The quantitative estimate of drug-likeness (QED) is 0.688. The third-order valence-corrected chi connectivity index (χ3v) is 3.07. The first kappa shape index (κ1) is 13.0. The van der Waals surface area contributed by atoms with Crippen molar-refractivity contribution < 1.29 is 8.42 Å². The van der Waals surface area contributed by atoms with Crippen LogP contribution in [0.2, 0.25) is 0 Å². The molecule has 90 valence electrons. The van der Waals surface area contributed by atoms with E-state index in [4.69, 9.17) is 0 Å². The van der Waals surface area contributed by atoms with Crippen molar-refractivity contribution in [2.24, 2.45) is 0 Å². The summed E-state index contributed by atoms with van der Waals surface area (Å²) in [4.78, 5) is 0. The fraction of sp³-hybridized carbons (Fsp3) is 0.400. The third-order valence-electron chi connectivity index (χ3n) is 1.89. The first-order valence-electron chi connectivity index (χ1n) is 5.08. The molecule has 0 saturated carbocycles. The molecule has 0 unspecified atom stereocenters. The van der Waals surface area contributed by atoms with Gasteiger partial charge in [0.1, 0.15) is 0 Å². The van der Waals surface area contributed by atoms with Crippen LogP contribution in [0.25, 0.3) is 0 Å². The van der Waals surface area contributed by atoms with Crippen LogP contribution in [0.1, 0.15) is 12.5 Å². The van der Waals surface area contributed by atoms with Gasteiger partial charge in [-0.15, -0.1) is 0 Å². The molecule has 0 bridgehead atoms. The first-order chi connectivity index (χ1) is 7.57. The summed E-state index contributed by atoms with van der Waals surface area (Å²) in [6.07, 6.45) is 0. The molecule has 0 atom stereocenters. The van der Waals surface area contributed by atoms with E-state index >= 15 is 0 Å². The maximum Gasteiger partial charge on any atom is 0.299 e. The Bertz CT molecular complexity index is 431. The van der Waals surface area contributed by atoms with Gasteiger partial charge in [-0.05, 0) is 24.7 Å². The number of benzene rings is 1. The lowest BCUT2D eigenvalue weighted by Gasteiger charge is -2.09. The van der Waals surface area contributed by atoms with Crippen LogP contribution in [-0.4, -0.2) is 22.0 Å². The van der Waals surface area contributed by atoms with Crippen molar-refractivity contribution >= 4 is 15.9 Å². The Morgan fingerprint density at radius 2 is 2.06 bits per heavy atom. The van der Waals surface area contributed by atoms with E-state index in [0.29, 0.717) is 18.8 Å². The second-order valence-electron chi connectivity index (χ2n) is 3.33. The van der Waals surface area contributed by atoms with E-state index in [2.05, 4.69) is 14.8 Å². The highest BCUT2D eigenvalue weighted by Crippen LogP contribution is 2.11. The summed E-state index contributed by atoms with van der Waals surface area (Å²) in [7, 11) is -1.59. The van der Waals surface area contributed by atoms with Crippen LogP contribution in [0.15, 0.2) is 24.3 Å². The normalized spacial score (nSPS) is 11.4. The monoisotopic (exact) mass is 243 g/mol. The van der Waals surface area contributed by atoms with Crippen molar-refractivity contribution in [3.63, 3.8) is 0 Å². The molecule has 1 aromatic rings. The van der Waals surface area contributed by atoms with Gasteiger partial charge in [-0.2, -0.15) is 13.1 Å². The molecule has 5 nitrogen and oxygen atoms in total. The molecule has 16 heavy (non-hydrogen) atoms. The number of hydrogen-bond donors (Lipinski definition) is 3. The van der Waals surface area contributed by atoms with Crippen LogP contribution in [0, 0.1) is 0 Å². The molecule has 0 saturated heterocycles. The third kappa shape index (κ3) is 4.18. The summed E-state index contributed by atoms with van der Waals surface area (Å²) in [5.41, 5.74) is 1.59. The molecule has 0 aliphatic heterocycles. The van der Waals surface area contributed by atoms with E-state index in [1.807, 2.05) is 19.2 Å². The van der Waals surface area contributed by atoms with Crippen LogP contribution >= 0.6 is 0 Å². The molecule has 0 aromatic heterocycles. The van der Waals surface area contributed by atoms with Crippen LogP contribution in [0.3, 0.4) is 0 Å². The van der Waals surface area contributed by atoms with Gasteiger partial charge >= 0.3 is 0 Å². The SMILES string of the molecule is CCNS(=O)(=O)Nc1cccc(CNC)c1. The van der Waals surface area contributed by atoms with Crippen LogP contribution in [-0.2, 0) is 16.8 Å². The molecule has 0 amide bonds. The largest absolute Gasteiger partial charge is 0.316 e. The number of rotatable bonds is 6. The van der Waals surface area contributed by atoms with Gasteiger partial charge in [0.2, 0.25) is 0 Å². The lowest BCUT2D eigenvalue weighted by molar-refractivity contribution is 0.589. The van der Waals surface area contributed by atoms with Gasteiger partial charge in [-0.1, -0.05) is 19.1 Å². The van der Waals surface area contributed by atoms with Crippen molar-refractivity contribution in [1.29, 1.82) is 0 Å². The molecule has 0 fully saturated rings. The van der Waals surface area contributed by atoms with Gasteiger partial charge in [0.25, 0.3) is 10.2 Å². The van der Waals surface area contributed by atoms with Gasteiger partial charge in [-0.25, -0.2) is 0 Å². The first-order valence-corrected chi connectivity index (χ1v) is 6.56. The molecule has 0 radical (unpaired) electrons. The number of hydrogen-bond acceptors (Lipinski definition) is 3. The number of nitrogens with one attached hydrogen (secondary N) is 3. The summed E-state index contributed by atoms with van der Waals surface area (Å²) in [5, 5.41) is 3.01. The van der Waals surface area contributed by atoms with Crippen molar-refractivity contribution in [2.45, 2.75) is 13.5 Å². The van der Waals surface area contributed by atoms with Gasteiger partial charge in [0.05, 0.1) is 5.69 Å². The van der Waals surface area contributed by atoms with Crippen molar-refractivity contribution in [1.82, 2.24) is 10.0 Å². The lowest BCUT2D eigenvalue weighted by Crippen LogP contribution is -2.29. The molecular formula is C10H17N3O2S. The van der Waals surface area contributed by atoms with E-state index in [1.54, 1.807) is 19.1 Å². The van der Waals surface area contributed by atoms with Crippen LogP contribution in [0.4, 0.5) is 5.69 Å². The van der Waals surface area contributed by atoms with Crippen LogP contribution < -0.4 is 14.8 Å². The summed E-state index contributed by atoms with van der Waals surface area (Å²) in [6, 6.07) is 7.26. The van der Waals surface area contributed by atoms with E-state index in [0.717, 1.165) is 5.56 Å². The minimum absolute atomic E-state index is 0.367. The maximum absolute atomic E-state index is 11.4. The van der Waals surface area contributed by atoms with Gasteiger partial charge < -0.3 is 5.32 Å². The number of anilines is 1. The molecule has 0 spiro atoms. The zero-order chi connectivity index (χ0) is 12.0. The Morgan fingerprint density at radius 1 is 1.31 bits per heavy atom. The van der Waals surface area contributed by atoms with Crippen molar-refractivity contribution in [3.8, 4) is 0 Å². The zero-order valence-electron chi connectivity index (χ0n) is 9.45. The van der Waals surface area contributed by atoms with Gasteiger partial charge in [0, 0.05) is 13.1 Å². The fourth-order valence-electron chi connectivity index (χ4n) is 1.33. The average molecular weight is 243 g/mol. The summed E-state index contributed by atoms with van der Waals surface area (Å²) in [6.45, 7) is 2.80. The maximum atomic E-state index is 11.4. The molecule has 1 rings (SSSR count). The Morgan fingerprint density at radius 3 is 2.69 bits per heavy atom. The molecule has 0 aliphatic carbocycles. The Kier molecular flexibility index (Phi) is 4.72. The van der Waals surface area contributed by atoms with E-state index in [1.165, 1.54) is 0 Å². The molecule has 0 heterocycles. The van der Waals surface area contributed by atoms with Crippen molar-refractivity contribution in [3.05, 3.63) is 29.8 Å². The molecule has 6 heteroatoms. The second kappa shape index (κ2) is 5.83. The minimum atomic E-state index is -3.44. The lowest BCUT2D eigenvalue weighted by atomic mass is 10.2. The van der Waals surface area contributed by atoms with E-state index < -0.39 is 10.2 Å². The molecule has 1 aromatic carbocycles. The standard InChI is InChI=1S/C10H17N3O2S/c1-3-12-16(14,15)13-10-6-4-5-9(7-10)8-11-2/h4-7,11-13H,3,8H2,1-2H3. The smallest absolute Gasteiger partial charge is 0.299 e. The van der Waals surface area contributed by atoms with Gasteiger partial charge in [-0.3, -0.25) is 4.72 Å². The fourth-order valence-corrected chi connectivity index (χ4v) is 2.22. The molecule has 0 aliphatic rings. The molecule has 3 N–H and O–H groups in total. The minimum Gasteiger partial charge on any atom is -0.316 e. The second-order valence-corrected chi connectivity index (χ2v) is 4.83. The Labute approximate surface area is 96.4 Å². The Hall–Kier alpha value is -1.11. The van der Waals surface area contributed by atoms with E-state index in [-0.39, 0.29) is 0 Å². The highest BCUT2D eigenvalue weighted by molar-refractivity contribution is 7.90. The zero-order valence-corrected chi connectivity index (χ0v) is 10.3. The molecular weight excluding hydrogens is 226 g/mol. The predicted molar refractivity (Wildman–Crippen MR) is 65.4 cm³/mol. The Balaban J connectivity index is 2.77. The van der Waals surface area contributed by atoms with Crippen molar-refractivity contribution in [2.75, 3.05) is 18.3 Å². The highest BCUT2D eigenvalue weighted by Gasteiger charge is 2.07. The summed E-state index contributed by atoms with van der Waals surface area (Å²) >= 11 is 0. The highest BCUT2D eigenvalue weighted by atomic mass is 32.2. The summed E-state index contributed by atoms with van der Waals surface area (Å²) in [5.74, 6) is 0. The average Bonchev–Trinajstić information content (AvgIpc) is 2.17. The van der Waals surface area contributed by atoms with E-state index in [9.17, 15) is 8.42 Å². The summed E-state index contributed by atoms with van der Waals surface area (Å²) < 4.78 is 27.7. The topological polar surface area (TPSA) is 70.2 Å².